The first-order valence-corrected chi connectivity index (χ1v) is 7.90. The standard InChI is InChI=1S/C17H27FN2/c1-4-10-19-14(3)15-6-5-7-16(18)17(15)20-11-8-13(2)9-12-20/h5-7,13-14,19H,4,8-12H2,1-3H3. The molecule has 1 aromatic carbocycles. The van der Waals surface area contributed by atoms with E-state index in [-0.39, 0.29) is 11.9 Å². The van der Waals surface area contributed by atoms with Crippen LogP contribution in [-0.4, -0.2) is 19.6 Å². The minimum atomic E-state index is -0.0813. The number of hydrogen-bond acceptors (Lipinski definition) is 2. The van der Waals surface area contributed by atoms with Crippen molar-refractivity contribution in [2.45, 2.75) is 46.1 Å². The van der Waals surface area contributed by atoms with Gasteiger partial charge in [-0.15, -0.1) is 0 Å². The quantitative estimate of drug-likeness (QED) is 0.871. The van der Waals surface area contributed by atoms with Gasteiger partial charge in [-0.1, -0.05) is 26.0 Å². The first-order chi connectivity index (χ1) is 9.63. The lowest BCUT2D eigenvalue weighted by atomic mass is 9.96. The summed E-state index contributed by atoms with van der Waals surface area (Å²) in [5.74, 6) is 0.680. The molecule has 1 aliphatic rings. The SMILES string of the molecule is CCCNC(C)c1cccc(F)c1N1CCC(C)CC1. The lowest BCUT2D eigenvalue weighted by Crippen LogP contribution is -2.35. The molecular weight excluding hydrogens is 251 g/mol. The zero-order valence-electron chi connectivity index (χ0n) is 13.0. The van der Waals surface area contributed by atoms with Gasteiger partial charge in [-0.2, -0.15) is 0 Å². The van der Waals surface area contributed by atoms with Crippen molar-refractivity contribution < 1.29 is 4.39 Å². The Morgan fingerprint density at radius 2 is 2.05 bits per heavy atom. The second kappa shape index (κ2) is 7.07. The first kappa shape index (κ1) is 15.3. The van der Waals surface area contributed by atoms with E-state index in [4.69, 9.17) is 0 Å². The Morgan fingerprint density at radius 3 is 2.70 bits per heavy atom. The highest BCUT2D eigenvalue weighted by Gasteiger charge is 2.23. The maximum atomic E-state index is 14.3. The van der Waals surface area contributed by atoms with Gasteiger partial charge >= 0.3 is 0 Å². The van der Waals surface area contributed by atoms with Crippen LogP contribution < -0.4 is 10.2 Å². The van der Waals surface area contributed by atoms with Gasteiger partial charge in [-0.3, -0.25) is 0 Å². The fourth-order valence-electron chi connectivity index (χ4n) is 2.92. The van der Waals surface area contributed by atoms with Crippen LogP contribution in [0, 0.1) is 11.7 Å². The van der Waals surface area contributed by atoms with Crippen molar-refractivity contribution in [2.75, 3.05) is 24.5 Å². The molecule has 0 radical (unpaired) electrons. The zero-order chi connectivity index (χ0) is 14.5. The number of halogens is 1. The fourth-order valence-corrected chi connectivity index (χ4v) is 2.92. The molecule has 0 aliphatic carbocycles. The molecule has 0 saturated carbocycles. The van der Waals surface area contributed by atoms with Crippen molar-refractivity contribution >= 4 is 5.69 Å². The summed E-state index contributed by atoms with van der Waals surface area (Å²) in [7, 11) is 0. The second-order valence-corrected chi connectivity index (χ2v) is 6.02. The average Bonchev–Trinajstić information content (AvgIpc) is 2.45. The van der Waals surface area contributed by atoms with Gasteiger partial charge in [0, 0.05) is 19.1 Å². The molecule has 1 saturated heterocycles. The summed E-state index contributed by atoms with van der Waals surface area (Å²) < 4.78 is 14.3. The summed E-state index contributed by atoms with van der Waals surface area (Å²) in [4.78, 5) is 2.23. The third kappa shape index (κ3) is 3.51. The number of nitrogens with zero attached hydrogens (tertiary/aromatic N) is 1. The first-order valence-electron chi connectivity index (χ1n) is 7.90. The monoisotopic (exact) mass is 278 g/mol. The Balaban J connectivity index is 2.22. The average molecular weight is 278 g/mol. The largest absolute Gasteiger partial charge is 0.369 e. The number of para-hydroxylation sites is 1. The van der Waals surface area contributed by atoms with E-state index >= 15 is 0 Å². The Bertz CT molecular complexity index is 425. The Labute approximate surface area is 122 Å². The number of rotatable bonds is 5. The summed E-state index contributed by atoms with van der Waals surface area (Å²) in [5, 5.41) is 3.47. The van der Waals surface area contributed by atoms with Gasteiger partial charge in [-0.05, 0) is 50.3 Å². The van der Waals surface area contributed by atoms with Crippen LogP contribution in [-0.2, 0) is 0 Å². The second-order valence-electron chi connectivity index (χ2n) is 6.02. The van der Waals surface area contributed by atoms with Crippen LogP contribution in [0.4, 0.5) is 10.1 Å². The summed E-state index contributed by atoms with van der Waals surface area (Å²) in [6.07, 6.45) is 3.41. The van der Waals surface area contributed by atoms with Crippen molar-refractivity contribution in [3.8, 4) is 0 Å². The maximum absolute atomic E-state index is 14.3. The van der Waals surface area contributed by atoms with Crippen LogP contribution in [0.15, 0.2) is 18.2 Å². The summed E-state index contributed by atoms with van der Waals surface area (Å²) >= 11 is 0. The molecule has 1 heterocycles. The van der Waals surface area contributed by atoms with E-state index in [1.165, 1.54) is 0 Å². The van der Waals surface area contributed by atoms with Crippen molar-refractivity contribution in [1.82, 2.24) is 5.32 Å². The molecular formula is C17H27FN2. The number of hydrogen-bond donors (Lipinski definition) is 1. The molecule has 0 aromatic heterocycles. The molecule has 2 rings (SSSR count). The van der Waals surface area contributed by atoms with E-state index in [0.717, 1.165) is 56.1 Å². The van der Waals surface area contributed by atoms with Crippen LogP contribution in [0.25, 0.3) is 0 Å². The highest BCUT2D eigenvalue weighted by Crippen LogP contribution is 2.32. The molecule has 1 unspecified atom stereocenters. The highest BCUT2D eigenvalue weighted by molar-refractivity contribution is 5.56. The molecule has 112 valence electrons. The van der Waals surface area contributed by atoms with Gasteiger partial charge < -0.3 is 10.2 Å². The van der Waals surface area contributed by atoms with E-state index in [0.29, 0.717) is 0 Å². The lowest BCUT2D eigenvalue weighted by Gasteiger charge is -2.34. The van der Waals surface area contributed by atoms with Crippen LogP contribution in [0.2, 0.25) is 0 Å². The topological polar surface area (TPSA) is 15.3 Å². The molecule has 2 nitrogen and oxygen atoms in total. The van der Waals surface area contributed by atoms with E-state index in [9.17, 15) is 4.39 Å². The number of benzene rings is 1. The normalized spacial score (nSPS) is 18.3. The Morgan fingerprint density at radius 1 is 1.35 bits per heavy atom. The third-order valence-corrected chi connectivity index (χ3v) is 4.28. The zero-order valence-corrected chi connectivity index (χ0v) is 13.0. The third-order valence-electron chi connectivity index (χ3n) is 4.28. The Hall–Kier alpha value is -1.09. The molecule has 1 aliphatic heterocycles. The van der Waals surface area contributed by atoms with Gasteiger partial charge in [-0.25, -0.2) is 4.39 Å². The molecule has 1 aromatic rings. The molecule has 20 heavy (non-hydrogen) atoms. The molecule has 0 spiro atoms. The lowest BCUT2D eigenvalue weighted by molar-refractivity contribution is 0.432. The molecule has 3 heteroatoms. The molecule has 0 bridgehead atoms. The van der Waals surface area contributed by atoms with Gasteiger partial charge in [0.05, 0.1) is 5.69 Å². The van der Waals surface area contributed by atoms with Crippen LogP contribution in [0.1, 0.15) is 51.6 Å². The van der Waals surface area contributed by atoms with E-state index in [1.54, 1.807) is 6.07 Å². The predicted octanol–water partition coefficient (Wildman–Crippen LogP) is 4.12. The summed E-state index contributed by atoms with van der Waals surface area (Å²) in [6, 6.07) is 5.66. The van der Waals surface area contributed by atoms with Gasteiger partial charge in [0.25, 0.3) is 0 Å². The number of anilines is 1. The minimum absolute atomic E-state index is 0.0813. The number of nitrogens with one attached hydrogen (secondary N) is 1. The highest BCUT2D eigenvalue weighted by atomic mass is 19.1. The molecule has 1 atom stereocenters. The summed E-state index contributed by atoms with van der Waals surface area (Å²) in [5.41, 5.74) is 1.91. The van der Waals surface area contributed by atoms with E-state index in [1.807, 2.05) is 6.07 Å². The van der Waals surface area contributed by atoms with Crippen LogP contribution >= 0.6 is 0 Å². The summed E-state index contributed by atoms with van der Waals surface area (Å²) in [6.45, 7) is 9.46. The van der Waals surface area contributed by atoms with Crippen LogP contribution in [0.3, 0.4) is 0 Å². The molecule has 1 fully saturated rings. The Kier molecular flexibility index (Phi) is 5.41. The van der Waals surface area contributed by atoms with Crippen molar-refractivity contribution in [3.63, 3.8) is 0 Å². The van der Waals surface area contributed by atoms with Crippen molar-refractivity contribution in [3.05, 3.63) is 29.6 Å². The van der Waals surface area contributed by atoms with E-state index in [2.05, 4.69) is 37.1 Å². The van der Waals surface area contributed by atoms with Crippen molar-refractivity contribution in [2.24, 2.45) is 5.92 Å². The van der Waals surface area contributed by atoms with Gasteiger partial charge in [0.1, 0.15) is 5.82 Å². The van der Waals surface area contributed by atoms with Crippen LogP contribution in [0.5, 0.6) is 0 Å². The van der Waals surface area contributed by atoms with E-state index < -0.39 is 0 Å². The molecule has 0 amide bonds. The smallest absolute Gasteiger partial charge is 0.146 e. The maximum Gasteiger partial charge on any atom is 0.146 e. The van der Waals surface area contributed by atoms with Gasteiger partial charge in [0.2, 0.25) is 0 Å². The van der Waals surface area contributed by atoms with Gasteiger partial charge in [0.15, 0.2) is 0 Å². The number of piperidine rings is 1. The predicted molar refractivity (Wildman–Crippen MR) is 83.7 cm³/mol. The van der Waals surface area contributed by atoms with Crippen molar-refractivity contribution in [1.29, 1.82) is 0 Å². The molecule has 1 N–H and O–H groups in total. The minimum Gasteiger partial charge on any atom is -0.369 e. The fraction of sp³-hybridized carbons (Fsp3) is 0.647.